The van der Waals surface area contributed by atoms with Crippen LogP contribution in [0.2, 0.25) is 0 Å². The third-order valence-electron chi connectivity index (χ3n) is 2.44. The van der Waals surface area contributed by atoms with Crippen molar-refractivity contribution in [2.45, 2.75) is 25.4 Å². The monoisotopic (exact) mass is 236 g/mol. The zero-order chi connectivity index (χ0) is 12.7. The molecule has 4 heteroatoms. The van der Waals surface area contributed by atoms with Gasteiger partial charge in [-0.05, 0) is 18.9 Å². The highest BCUT2D eigenvalue weighted by atomic mass is 16.5. The summed E-state index contributed by atoms with van der Waals surface area (Å²) in [5, 5.41) is 2.81. The Labute approximate surface area is 102 Å². The van der Waals surface area contributed by atoms with Crippen LogP contribution in [0.1, 0.15) is 12.5 Å². The van der Waals surface area contributed by atoms with Gasteiger partial charge in [-0.2, -0.15) is 0 Å². The molecular weight excluding hydrogens is 216 g/mol. The second-order valence-electron chi connectivity index (χ2n) is 4.16. The SMILES string of the molecule is COCC(C)NC(=O)C(N)Cc1ccccc1. The van der Waals surface area contributed by atoms with Gasteiger partial charge in [-0.15, -0.1) is 0 Å². The van der Waals surface area contributed by atoms with Crippen LogP contribution in [-0.2, 0) is 16.0 Å². The number of nitrogens with one attached hydrogen (secondary N) is 1. The molecule has 0 radical (unpaired) electrons. The van der Waals surface area contributed by atoms with Crippen molar-refractivity contribution >= 4 is 5.91 Å². The van der Waals surface area contributed by atoms with Crippen LogP contribution in [0.25, 0.3) is 0 Å². The van der Waals surface area contributed by atoms with Crippen molar-refractivity contribution in [2.24, 2.45) is 5.73 Å². The van der Waals surface area contributed by atoms with Gasteiger partial charge in [0.25, 0.3) is 0 Å². The van der Waals surface area contributed by atoms with E-state index in [9.17, 15) is 4.79 Å². The molecule has 1 aromatic rings. The Balaban J connectivity index is 2.42. The number of hydrogen-bond acceptors (Lipinski definition) is 3. The molecule has 1 amide bonds. The summed E-state index contributed by atoms with van der Waals surface area (Å²) in [6.45, 7) is 2.38. The minimum atomic E-state index is -0.517. The fourth-order valence-corrected chi connectivity index (χ4v) is 1.60. The fourth-order valence-electron chi connectivity index (χ4n) is 1.60. The number of ether oxygens (including phenoxy) is 1. The van der Waals surface area contributed by atoms with Gasteiger partial charge >= 0.3 is 0 Å². The van der Waals surface area contributed by atoms with Gasteiger partial charge in [-0.1, -0.05) is 30.3 Å². The van der Waals surface area contributed by atoms with Gasteiger partial charge in [0.1, 0.15) is 0 Å². The Morgan fingerprint density at radius 1 is 1.41 bits per heavy atom. The van der Waals surface area contributed by atoms with E-state index in [2.05, 4.69) is 5.32 Å². The maximum absolute atomic E-state index is 11.7. The van der Waals surface area contributed by atoms with Crippen LogP contribution in [0.5, 0.6) is 0 Å². The summed E-state index contributed by atoms with van der Waals surface area (Å²) < 4.78 is 4.95. The molecule has 0 bridgehead atoms. The van der Waals surface area contributed by atoms with Crippen LogP contribution >= 0.6 is 0 Å². The second kappa shape index (κ2) is 7.04. The maximum Gasteiger partial charge on any atom is 0.237 e. The van der Waals surface area contributed by atoms with Gasteiger partial charge in [0.05, 0.1) is 12.6 Å². The molecule has 0 saturated carbocycles. The highest BCUT2D eigenvalue weighted by molar-refractivity contribution is 5.82. The van der Waals surface area contributed by atoms with E-state index in [4.69, 9.17) is 10.5 Å². The van der Waals surface area contributed by atoms with Crippen molar-refractivity contribution in [3.8, 4) is 0 Å². The number of methoxy groups -OCH3 is 1. The lowest BCUT2D eigenvalue weighted by molar-refractivity contribution is -0.123. The van der Waals surface area contributed by atoms with Crippen molar-refractivity contribution in [1.29, 1.82) is 0 Å². The lowest BCUT2D eigenvalue weighted by Crippen LogP contribution is -2.46. The average molecular weight is 236 g/mol. The standard InChI is InChI=1S/C13H20N2O2/c1-10(9-17-2)15-13(16)12(14)8-11-6-4-3-5-7-11/h3-7,10,12H,8-9,14H2,1-2H3,(H,15,16). The topological polar surface area (TPSA) is 64.3 Å². The Hall–Kier alpha value is -1.39. The molecule has 0 aliphatic heterocycles. The van der Waals surface area contributed by atoms with Crippen molar-refractivity contribution < 1.29 is 9.53 Å². The summed E-state index contributed by atoms with van der Waals surface area (Å²) in [5.41, 5.74) is 6.91. The van der Waals surface area contributed by atoms with Crippen molar-refractivity contribution in [3.05, 3.63) is 35.9 Å². The third-order valence-corrected chi connectivity index (χ3v) is 2.44. The largest absolute Gasteiger partial charge is 0.383 e. The molecule has 1 aromatic carbocycles. The Bertz CT molecular complexity index is 341. The van der Waals surface area contributed by atoms with Crippen LogP contribution in [0, 0.1) is 0 Å². The number of rotatable bonds is 6. The first kappa shape index (κ1) is 13.7. The number of benzene rings is 1. The molecule has 0 aliphatic rings. The second-order valence-corrected chi connectivity index (χ2v) is 4.16. The number of carbonyl (C=O) groups is 1. The Morgan fingerprint density at radius 2 is 2.06 bits per heavy atom. The molecule has 0 heterocycles. The number of carbonyl (C=O) groups excluding carboxylic acids is 1. The summed E-state index contributed by atoms with van der Waals surface area (Å²) in [6, 6.07) is 9.21. The van der Waals surface area contributed by atoms with E-state index in [-0.39, 0.29) is 11.9 Å². The molecule has 94 valence electrons. The van der Waals surface area contributed by atoms with Gasteiger partial charge in [-0.25, -0.2) is 0 Å². The smallest absolute Gasteiger partial charge is 0.237 e. The van der Waals surface area contributed by atoms with Gasteiger partial charge in [0.15, 0.2) is 0 Å². The van der Waals surface area contributed by atoms with Crippen molar-refractivity contribution in [2.75, 3.05) is 13.7 Å². The maximum atomic E-state index is 11.7. The van der Waals surface area contributed by atoms with Crippen molar-refractivity contribution in [1.82, 2.24) is 5.32 Å². The molecule has 0 aliphatic carbocycles. The molecule has 3 N–H and O–H groups in total. The van der Waals surface area contributed by atoms with E-state index in [0.29, 0.717) is 13.0 Å². The van der Waals surface area contributed by atoms with Crippen molar-refractivity contribution in [3.63, 3.8) is 0 Å². The summed E-state index contributed by atoms with van der Waals surface area (Å²) in [5.74, 6) is -0.140. The van der Waals surface area contributed by atoms with E-state index in [0.717, 1.165) is 5.56 Å². The molecule has 4 nitrogen and oxygen atoms in total. The van der Waals surface area contributed by atoms with Gasteiger partial charge in [0.2, 0.25) is 5.91 Å². The molecular formula is C13H20N2O2. The van der Waals surface area contributed by atoms with E-state index in [1.807, 2.05) is 37.3 Å². The van der Waals surface area contributed by atoms with Crippen LogP contribution in [0.3, 0.4) is 0 Å². The lowest BCUT2D eigenvalue weighted by atomic mass is 10.1. The van der Waals surface area contributed by atoms with Crippen LogP contribution < -0.4 is 11.1 Å². The van der Waals surface area contributed by atoms with E-state index < -0.39 is 6.04 Å². The van der Waals surface area contributed by atoms with Gasteiger partial charge in [0, 0.05) is 13.2 Å². The minimum Gasteiger partial charge on any atom is -0.383 e. The number of nitrogens with two attached hydrogens (primary N) is 1. The fraction of sp³-hybridized carbons (Fsp3) is 0.462. The molecule has 17 heavy (non-hydrogen) atoms. The van der Waals surface area contributed by atoms with E-state index >= 15 is 0 Å². The summed E-state index contributed by atoms with van der Waals surface area (Å²) in [6.07, 6.45) is 0.548. The summed E-state index contributed by atoms with van der Waals surface area (Å²) in [4.78, 5) is 11.7. The van der Waals surface area contributed by atoms with E-state index in [1.54, 1.807) is 7.11 Å². The van der Waals surface area contributed by atoms with Crippen LogP contribution in [0.4, 0.5) is 0 Å². The quantitative estimate of drug-likeness (QED) is 0.764. The molecule has 0 aromatic heterocycles. The third kappa shape index (κ3) is 4.97. The molecule has 0 saturated heterocycles. The van der Waals surface area contributed by atoms with E-state index in [1.165, 1.54) is 0 Å². The predicted molar refractivity (Wildman–Crippen MR) is 67.6 cm³/mol. The highest BCUT2D eigenvalue weighted by Gasteiger charge is 2.15. The van der Waals surface area contributed by atoms with Gasteiger partial charge < -0.3 is 15.8 Å². The summed E-state index contributed by atoms with van der Waals surface area (Å²) in [7, 11) is 1.60. The average Bonchev–Trinajstić information content (AvgIpc) is 2.30. The predicted octanol–water partition coefficient (Wildman–Crippen LogP) is 0.708. The zero-order valence-electron chi connectivity index (χ0n) is 10.3. The minimum absolute atomic E-state index is 0.0191. The highest BCUT2D eigenvalue weighted by Crippen LogP contribution is 2.02. The van der Waals surface area contributed by atoms with Gasteiger partial charge in [-0.3, -0.25) is 4.79 Å². The molecule has 2 atom stereocenters. The first-order valence-corrected chi connectivity index (χ1v) is 5.72. The first-order valence-electron chi connectivity index (χ1n) is 5.72. The number of amides is 1. The molecule has 0 fully saturated rings. The zero-order valence-corrected chi connectivity index (χ0v) is 10.3. The summed E-state index contributed by atoms with van der Waals surface area (Å²) >= 11 is 0. The Kier molecular flexibility index (Phi) is 5.66. The molecule has 1 rings (SSSR count). The molecule has 2 unspecified atom stereocenters. The number of hydrogen-bond donors (Lipinski definition) is 2. The van der Waals surface area contributed by atoms with Crippen LogP contribution in [-0.4, -0.2) is 31.7 Å². The lowest BCUT2D eigenvalue weighted by Gasteiger charge is -2.16. The first-order chi connectivity index (χ1) is 8.13. The Morgan fingerprint density at radius 3 is 2.65 bits per heavy atom. The molecule has 0 spiro atoms. The normalized spacial score (nSPS) is 14.1. The van der Waals surface area contributed by atoms with Crippen LogP contribution in [0.15, 0.2) is 30.3 Å².